The molecule has 0 saturated carbocycles. The normalized spacial score (nSPS) is 10.8. The van der Waals surface area contributed by atoms with Gasteiger partial charge in [-0.05, 0) is 124 Å². The summed E-state index contributed by atoms with van der Waals surface area (Å²) in [7, 11) is 0.590. The number of nitrogens with zero attached hydrogens (tertiary/aromatic N) is 7. The molecule has 0 fully saturated rings. The van der Waals surface area contributed by atoms with Gasteiger partial charge in [0.15, 0.2) is 28.2 Å². The van der Waals surface area contributed by atoms with Crippen molar-refractivity contribution in [2.75, 3.05) is 46.6 Å². The summed E-state index contributed by atoms with van der Waals surface area (Å²) in [5.41, 5.74) is -3.64. The van der Waals surface area contributed by atoms with E-state index in [4.69, 9.17) is 90.2 Å². The number of carboxylic acid groups (broad SMARTS) is 1. The third-order valence-electron chi connectivity index (χ3n) is 15.3. The maximum absolute atomic E-state index is 12.9. The Morgan fingerprint density at radius 2 is 0.828 bits per heavy atom. The van der Waals surface area contributed by atoms with Gasteiger partial charge in [0, 0.05) is 51.6 Å². The second kappa shape index (κ2) is 56.4. The molecule has 0 unspecified atom stereocenters. The van der Waals surface area contributed by atoms with Crippen LogP contribution in [0, 0.1) is 89.8 Å². The van der Waals surface area contributed by atoms with E-state index in [1.54, 1.807) is 83.1 Å². The van der Waals surface area contributed by atoms with Crippen LogP contribution >= 0.6 is 57.1 Å². The van der Waals surface area contributed by atoms with Gasteiger partial charge >= 0.3 is 84.2 Å². The van der Waals surface area contributed by atoms with E-state index in [1.807, 2.05) is 0 Å². The van der Waals surface area contributed by atoms with Gasteiger partial charge in [0.05, 0.1) is 114 Å². The zero-order chi connectivity index (χ0) is 101. The van der Waals surface area contributed by atoms with Gasteiger partial charge in [-0.15, -0.1) is 17.8 Å². The van der Waals surface area contributed by atoms with E-state index in [0.29, 0.717) is 104 Å². The number of aliphatic carboxylic acids is 1. The number of hydrogen-bond acceptors (Lipinski definition) is 30. The number of aliphatic hydroxyl groups excluding tert-OH is 1. The number of ether oxygens (including phenoxy) is 5. The summed E-state index contributed by atoms with van der Waals surface area (Å²) in [4.78, 5) is 72.7. The van der Waals surface area contributed by atoms with E-state index < -0.39 is 126 Å². The number of nitro groups is 4. The van der Waals surface area contributed by atoms with Crippen LogP contribution in [0.2, 0.25) is 15.1 Å². The number of aryl methyl sites for hydroxylation is 2. The van der Waals surface area contributed by atoms with Crippen molar-refractivity contribution in [3.63, 3.8) is 0 Å². The van der Waals surface area contributed by atoms with E-state index in [9.17, 15) is 124 Å². The van der Waals surface area contributed by atoms with Crippen molar-refractivity contribution in [2.45, 2.75) is 91.8 Å². The van der Waals surface area contributed by atoms with Crippen molar-refractivity contribution < 1.29 is 185 Å². The van der Waals surface area contributed by atoms with Crippen LogP contribution in [0.4, 0.5) is 75.4 Å². The van der Waals surface area contributed by atoms with E-state index in [1.165, 1.54) is 20.3 Å². The predicted octanol–water partition coefficient (Wildman–Crippen LogP) is 15.7. The smallest absolute Gasteiger partial charge is 0.870 e. The Balaban J connectivity index is 0.00000161. The van der Waals surface area contributed by atoms with Crippen molar-refractivity contribution in [2.24, 2.45) is 5.16 Å². The standard InChI is InChI=1S/C21H16ClF3N2O6.C20H14ClF3N2O6.C11H8F3NO3.C10H9Cl2NO3.C7H4F3NO3.C5H8O3S.C4H6O.CH3ClO2S.Li.H2O/c1-11-15(10-32-18-6-4-13(21(23,24)25)9-17(18)27(29)30)20(26-33-11)14-5-3-12(7-16(14)22)8-19(28)31-2;1-10-14(9-31-17-5-3-12(20(22,23)24)8-16(17)26(29)30)19(25-32-10)13-4-2-11(6-15(13)21)7-18(27)28;1-2-3-6-18-10-5-4-8(11(12,13)14)7-9(10)15(16)17;1-16-9(14)5-6-2-3-7(8(11)4-6)10(12)13-15;8-7(9,10)4-1-2-6(12)5(3-4)11(13)14;1-3-4-5-8-9(2,6)7;1-2-3-4-5;1-5(2,3)4;;/h3-7,9H,8,10H2,1-2H3;2-6,8H,7,9H2,1H3,(H,27,28);4-5,7H,6H2,1H3;2-4,15H,5H2,1H3;1-3,12H;5H2,1-2H3;5H,4H2,1H3;1H3;;1H2/q;;;;;;;;+1;/p-1/b;;;13-10-;;;;;;. The van der Waals surface area contributed by atoms with Gasteiger partial charge in [-0.1, -0.05) is 110 Å². The minimum Gasteiger partial charge on any atom is -0.870 e. The second-order valence-electron chi connectivity index (χ2n) is 24.8. The number of halogens is 17. The van der Waals surface area contributed by atoms with Crippen LogP contribution in [0.15, 0.2) is 142 Å². The number of nitro benzene ring substituents is 4. The zero-order valence-corrected chi connectivity index (χ0v) is 75.7. The molecular weight excluding hydrogens is 1970 g/mol. The average molecular weight is 2040 g/mol. The minimum atomic E-state index is -4.74. The number of aliphatic hydroxyl groups is 1. The summed E-state index contributed by atoms with van der Waals surface area (Å²) < 4.78 is 229. The molecule has 0 bridgehead atoms. The SMILES string of the molecule is CC#CCO.CC#CCOS(C)(=O)=O.CC#CCOc1ccc(C(F)(F)F)cc1[N+](=O)[O-].COC(=O)Cc1ccc(-c2noc(C)c2COc2ccc(C(F)(F)F)cc2[N+](=O)[O-])c(Cl)c1.COC(=O)Cc1ccc(/C(Cl)=N/O)c(Cl)c1.CS(=O)(=O)Cl.Cc1onc(-c2ccc(CC(=O)O)cc2Cl)c1COc1ccc(C(F)(F)F)cc1[N+](=O)[O-].O=[N+]([O-])c1cc(C(F)(F)F)ccc1O.[Li+].[OH-]. The topological polar surface area (TPSA) is 523 Å². The number of alkyl halides is 12. The molecule has 134 heavy (non-hydrogen) atoms. The molecule has 0 saturated heterocycles. The van der Waals surface area contributed by atoms with Gasteiger partial charge in [0.1, 0.15) is 55.9 Å². The molecule has 7 aromatic carbocycles. The number of carbonyl (C=O) groups is 3. The Morgan fingerprint density at radius 1 is 0.507 bits per heavy atom. The van der Waals surface area contributed by atoms with Crippen molar-refractivity contribution >= 4 is 122 Å². The Kier molecular flexibility index (Phi) is 51.0. The number of oxime groups is 1. The fourth-order valence-corrected chi connectivity index (χ4v) is 10.7. The molecule has 2 heterocycles. The van der Waals surface area contributed by atoms with Crippen molar-refractivity contribution in [1.29, 1.82) is 0 Å². The van der Waals surface area contributed by atoms with E-state index in [0.717, 1.165) is 36.8 Å². The molecule has 9 aromatic rings. The zero-order valence-electron chi connectivity index (χ0n) is 70.3. The van der Waals surface area contributed by atoms with Gasteiger partial charge in [-0.25, -0.2) is 8.42 Å². The molecule has 5 N–H and O–H groups in total. The van der Waals surface area contributed by atoms with Gasteiger partial charge in [0.25, 0.3) is 10.1 Å². The maximum atomic E-state index is 12.9. The Hall–Kier alpha value is -12.7. The molecule has 9 rings (SSSR count). The number of carbonyl (C=O) groups excluding carboxylic acids is 2. The molecule has 0 atom stereocenters. The first-order valence-corrected chi connectivity index (χ1v) is 41.3. The number of rotatable bonds is 23. The van der Waals surface area contributed by atoms with E-state index in [-0.39, 0.29) is 133 Å². The van der Waals surface area contributed by atoms with Crippen molar-refractivity contribution in [1.82, 2.24) is 10.3 Å². The summed E-state index contributed by atoms with van der Waals surface area (Å²) in [6.45, 7) is 7.22. The molecule has 0 radical (unpaired) electrons. The van der Waals surface area contributed by atoms with Gasteiger partial charge < -0.3 is 58.7 Å². The van der Waals surface area contributed by atoms with Crippen LogP contribution in [-0.2, 0) is 104 Å². The fourth-order valence-electron chi connectivity index (χ4n) is 9.30. The summed E-state index contributed by atoms with van der Waals surface area (Å²) in [6.07, 6.45) is -16.9. The van der Waals surface area contributed by atoms with Crippen LogP contribution in [0.3, 0.4) is 0 Å². The van der Waals surface area contributed by atoms with Gasteiger partial charge in [-0.3, -0.25) is 59.0 Å². The van der Waals surface area contributed by atoms with E-state index >= 15 is 0 Å². The number of carboxylic acids is 1. The first kappa shape index (κ1) is 121. The molecule has 0 aliphatic heterocycles. The number of phenols is 1. The first-order valence-electron chi connectivity index (χ1n) is 35.3. The summed E-state index contributed by atoms with van der Waals surface area (Å²) >= 11 is 24.1. The predicted molar refractivity (Wildman–Crippen MR) is 451 cm³/mol. The molecule has 55 heteroatoms. The van der Waals surface area contributed by atoms with Crippen molar-refractivity contribution in [3.05, 3.63) is 250 Å². The van der Waals surface area contributed by atoms with Crippen LogP contribution in [0.5, 0.6) is 23.0 Å². The Labute approximate surface area is 787 Å². The van der Waals surface area contributed by atoms with Gasteiger partial charge in [0.2, 0.25) is 9.05 Å². The Bertz CT molecular complexity index is 6070. The van der Waals surface area contributed by atoms with E-state index in [2.05, 4.69) is 75.3 Å². The van der Waals surface area contributed by atoms with Crippen molar-refractivity contribution in [3.8, 4) is 81.0 Å². The van der Waals surface area contributed by atoms with Crippen LogP contribution in [-0.4, -0.2) is 142 Å². The number of benzene rings is 7. The molecule has 2 aromatic heterocycles. The molecule has 0 spiro atoms. The number of esters is 2. The summed E-state index contributed by atoms with van der Waals surface area (Å²) in [5.74, 6) is 11.9. The number of aromatic hydroxyl groups is 1. The molecular formula is C79H69Cl5F12LiN7O28S2. The molecule has 0 amide bonds. The average Bonchev–Trinajstić information content (AvgIpc) is 1.63. The van der Waals surface area contributed by atoms with Crippen LogP contribution < -0.4 is 33.1 Å². The maximum Gasteiger partial charge on any atom is 1.00 e. The summed E-state index contributed by atoms with van der Waals surface area (Å²) in [6, 6.07) is 21.7. The molecule has 0 aliphatic rings. The number of phenolic OH excluding ortho intramolecular Hbond substituents is 1. The van der Waals surface area contributed by atoms with Crippen LogP contribution in [0.1, 0.15) is 87.9 Å². The third-order valence-corrected chi connectivity index (χ3v) is 17.1. The number of hydrogen-bond donors (Lipinski definition) is 4. The number of methoxy groups -OCH3 is 2. The third kappa shape index (κ3) is 42.9. The van der Waals surface area contributed by atoms with Crippen LogP contribution in [0.25, 0.3) is 22.5 Å². The monoisotopic (exact) mass is 2040 g/mol. The first-order chi connectivity index (χ1) is 61.2. The fraction of sp³-hybridized carbons (Fsp3) is 0.266. The molecule has 720 valence electrons. The molecule has 35 nitrogen and oxygen atoms in total. The number of aromatic nitrogens is 2. The Morgan fingerprint density at radius 3 is 1.12 bits per heavy atom. The minimum absolute atomic E-state index is 0. The second-order valence-corrected chi connectivity index (χ2v) is 31.0. The largest absolute Gasteiger partial charge is 1.00 e. The summed E-state index contributed by atoms with van der Waals surface area (Å²) in [5, 5.41) is 88.8. The molecule has 0 aliphatic carbocycles. The van der Waals surface area contributed by atoms with Gasteiger partial charge in [-0.2, -0.15) is 61.1 Å². The quantitative estimate of drug-likeness (QED) is 0.00441.